The highest BCUT2D eigenvalue weighted by atomic mass is 16.5. The minimum Gasteiger partial charge on any atom is -0.465 e. The van der Waals surface area contributed by atoms with Gasteiger partial charge in [0.2, 0.25) is 0 Å². The highest BCUT2D eigenvalue weighted by Crippen LogP contribution is 2.21. The monoisotopic (exact) mass is 621 g/mol. The van der Waals surface area contributed by atoms with E-state index in [9.17, 15) is 4.79 Å². The fourth-order valence-electron chi connectivity index (χ4n) is 6.35. The summed E-state index contributed by atoms with van der Waals surface area (Å²) in [6.07, 6.45) is 34.0. The lowest BCUT2D eigenvalue weighted by molar-refractivity contribution is -0.149. The summed E-state index contributed by atoms with van der Waals surface area (Å²) in [4.78, 5) is 15.6. The van der Waals surface area contributed by atoms with Gasteiger partial charge >= 0.3 is 5.97 Å². The summed E-state index contributed by atoms with van der Waals surface area (Å²) in [5, 5.41) is 3.33. The number of carbonyl (C=O) groups excluding carboxylic acids is 1. The lowest BCUT2D eigenvalue weighted by Crippen LogP contribution is -2.27. The summed E-state index contributed by atoms with van der Waals surface area (Å²) in [6.45, 7) is 18.4. The van der Waals surface area contributed by atoms with E-state index in [0.29, 0.717) is 6.61 Å². The Morgan fingerprint density at radius 1 is 0.568 bits per heavy atom. The molecule has 262 valence electrons. The molecule has 0 aliphatic heterocycles. The van der Waals surface area contributed by atoms with Crippen LogP contribution in [0.1, 0.15) is 201 Å². The summed E-state index contributed by atoms with van der Waals surface area (Å²) >= 11 is 0. The second-order valence-corrected chi connectivity index (χ2v) is 13.6. The minimum absolute atomic E-state index is 0.0960. The molecule has 0 spiro atoms. The lowest BCUT2D eigenvalue weighted by atomic mass is 9.94. The average Bonchev–Trinajstić information content (AvgIpc) is 3.01. The van der Waals surface area contributed by atoms with Crippen LogP contribution in [-0.2, 0) is 9.53 Å². The van der Waals surface area contributed by atoms with Gasteiger partial charge in [-0.15, -0.1) is 0 Å². The molecule has 0 bridgehead atoms. The first-order valence-corrected chi connectivity index (χ1v) is 19.9. The highest BCUT2D eigenvalue weighted by molar-refractivity contribution is 5.72. The maximum Gasteiger partial charge on any atom is 0.308 e. The molecule has 1 N–H and O–H groups in total. The van der Waals surface area contributed by atoms with Crippen molar-refractivity contribution in [1.29, 1.82) is 0 Å². The Kier molecular flexibility index (Phi) is 34.0. The van der Waals surface area contributed by atoms with Crippen molar-refractivity contribution in [3.63, 3.8) is 0 Å². The molecule has 0 amide bonds. The van der Waals surface area contributed by atoms with Gasteiger partial charge < -0.3 is 15.0 Å². The molecule has 0 rings (SSSR count). The molecule has 0 aromatic heterocycles. The first-order valence-electron chi connectivity index (χ1n) is 19.9. The molecule has 0 heterocycles. The summed E-state index contributed by atoms with van der Waals surface area (Å²) in [5.41, 5.74) is 1.20. The van der Waals surface area contributed by atoms with Gasteiger partial charge in [-0.1, -0.05) is 149 Å². The second kappa shape index (κ2) is 34.8. The fraction of sp³-hybridized carbons (Fsp3) is 0.925. The lowest BCUT2D eigenvalue weighted by Gasteiger charge is -2.21. The van der Waals surface area contributed by atoms with Crippen LogP contribution in [0.2, 0.25) is 0 Å². The normalized spacial score (nSPS) is 12.1. The summed E-state index contributed by atoms with van der Waals surface area (Å²) < 4.78 is 5.83. The molecule has 0 saturated heterocycles. The number of esters is 1. The Morgan fingerprint density at radius 3 is 1.52 bits per heavy atom. The fourth-order valence-corrected chi connectivity index (χ4v) is 6.35. The van der Waals surface area contributed by atoms with Gasteiger partial charge in [0.15, 0.2) is 0 Å². The highest BCUT2D eigenvalue weighted by Gasteiger charge is 2.19. The predicted octanol–water partition coefficient (Wildman–Crippen LogP) is 12.2. The number of carbonyl (C=O) groups is 1. The Hall–Kier alpha value is -1.03. The van der Waals surface area contributed by atoms with Gasteiger partial charge in [-0.2, -0.15) is 0 Å². The van der Waals surface area contributed by atoms with Crippen molar-refractivity contribution in [3.8, 4) is 0 Å². The Labute approximate surface area is 277 Å². The number of allylic oxidation sites excluding steroid dienone is 1. The molecular weight excluding hydrogens is 540 g/mol. The molecule has 44 heavy (non-hydrogen) atoms. The minimum atomic E-state index is 0.0960. The molecule has 0 aliphatic carbocycles. The molecule has 0 aromatic rings. The molecule has 4 nitrogen and oxygen atoms in total. The summed E-state index contributed by atoms with van der Waals surface area (Å²) in [6, 6.07) is 0. The molecule has 1 atom stereocenters. The number of rotatable bonds is 36. The van der Waals surface area contributed by atoms with Gasteiger partial charge in [-0.25, -0.2) is 0 Å². The number of hydrogen-bond donors (Lipinski definition) is 1. The zero-order chi connectivity index (χ0) is 32.4. The predicted molar refractivity (Wildman–Crippen MR) is 195 cm³/mol. The third kappa shape index (κ3) is 29.7. The van der Waals surface area contributed by atoms with Crippen molar-refractivity contribution < 1.29 is 9.53 Å². The third-order valence-corrected chi connectivity index (χ3v) is 9.18. The van der Waals surface area contributed by atoms with Gasteiger partial charge in [-0.3, -0.25) is 4.79 Å². The van der Waals surface area contributed by atoms with E-state index in [0.717, 1.165) is 32.2 Å². The number of nitrogens with one attached hydrogen (secondary N) is 1. The molecule has 1 unspecified atom stereocenters. The Bertz CT molecular complexity index is 608. The molecule has 4 heteroatoms. The van der Waals surface area contributed by atoms with Crippen molar-refractivity contribution >= 4 is 5.97 Å². The van der Waals surface area contributed by atoms with Crippen LogP contribution in [0, 0.1) is 5.92 Å². The second-order valence-electron chi connectivity index (χ2n) is 13.6. The van der Waals surface area contributed by atoms with Crippen LogP contribution in [0.4, 0.5) is 0 Å². The van der Waals surface area contributed by atoms with Gasteiger partial charge in [0.05, 0.1) is 12.5 Å². The first kappa shape index (κ1) is 43.0. The molecular formula is C40H80N2O2. The van der Waals surface area contributed by atoms with Crippen LogP contribution in [-0.4, -0.2) is 43.7 Å². The van der Waals surface area contributed by atoms with E-state index in [1.807, 2.05) is 0 Å². The maximum absolute atomic E-state index is 13.0. The van der Waals surface area contributed by atoms with E-state index in [4.69, 9.17) is 4.74 Å². The largest absolute Gasteiger partial charge is 0.465 e. The van der Waals surface area contributed by atoms with Crippen molar-refractivity contribution in [2.45, 2.75) is 201 Å². The third-order valence-electron chi connectivity index (χ3n) is 9.18. The zero-order valence-corrected chi connectivity index (χ0v) is 30.7. The molecule has 0 aliphatic rings. The molecule has 0 aromatic carbocycles. The van der Waals surface area contributed by atoms with Gasteiger partial charge in [-0.05, 0) is 77.9 Å². The number of nitrogens with zero attached hydrogens (tertiary/aromatic N) is 1. The molecule has 0 radical (unpaired) electrons. The van der Waals surface area contributed by atoms with Crippen molar-refractivity contribution in [1.82, 2.24) is 10.2 Å². The van der Waals surface area contributed by atoms with Crippen molar-refractivity contribution in [3.05, 3.63) is 12.3 Å². The zero-order valence-electron chi connectivity index (χ0n) is 30.7. The number of hydrogen-bond acceptors (Lipinski definition) is 4. The van der Waals surface area contributed by atoms with Crippen LogP contribution in [0.15, 0.2) is 12.3 Å². The van der Waals surface area contributed by atoms with E-state index >= 15 is 0 Å². The van der Waals surface area contributed by atoms with Crippen molar-refractivity contribution in [2.24, 2.45) is 5.92 Å². The molecule has 0 fully saturated rings. The van der Waals surface area contributed by atoms with Gasteiger partial charge in [0.1, 0.15) is 0 Å². The van der Waals surface area contributed by atoms with Crippen LogP contribution >= 0.6 is 0 Å². The topological polar surface area (TPSA) is 41.6 Å². The number of ether oxygens (including phenoxy) is 1. The summed E-state index contributed by atoms with van der Waals surface area (Å²) in [5.74, 6) is 0.225. The van der Waals surface area contributed by atoms with Crippen LogP contribution in [0.25, 0.3) is 0 Å². The van der Waals surface area contributed by atoms with Crippen LogP contribution in [0.5, 0.6) is 0 Å². The van der Waals surface area contributed by atoms with Crippen molar-refractivity contribution in [2.75, 3.05) is 32.8 Å². The summed E-state index contributed by atoms with van der Waals surface area (Å²) in [7, 11) is 0. The standard InChI is InChI=1S/C40H80N2O2/c1-6-10-12-14-16-21-27-33-39(32-26-20-15-13-11-7-2)40(43)44-37-30-24-18-23-29-36-42(34-8-3)35-28-22-17-19-25-31-38(5)41-9-4/h39,41H,5-37H2,1-4H3. The van der Waals surface area contributed by atoms with Crippen LogP contribution in [0.3, 0.4) is 0 Å². The Morgan fingerprint density at radius 2 is 1.02 bits per heavy atom. The van der Waals surface area contributed by atoms with E-state index in [1.165, 1.54) is 173 Å². The van der Waals surface area contributed by atoms with Gasteiger partial charge in [0.25, 0.3) is 0 Å². The first-order chi connectivity index (χ1) is 21.6. The smallest absolute Gasteiger partial charge is 0.308 e. The van der Waals surface area contributed by atoms with E-state index in [2.05, 4.69) is 44.5 Å². The maximum atomic E-state index is 13.0. The molecule has 0 saturated carbocycles. The van der Waals surface area contributed by atoms with Gasteiger partial charge in [0, 0.05) is 12.2 Å². The quantitative estimate of drug-likeness (QED) is 0.0559. The SMILES string of the molecule is C=C(CCCCCCCN(CCC)CCCCCCCOC(=O)C(CCCCCCCC)CCCCCCCCC)NCC. The van der Waals surface area contributed by atoms with E-state index < -0.39 is 0 Å². The van der Waals surface area contributed by atoms with Crippen LogP contribution < -0.4 is 5.32 Å². The average molecular weight is 621 g/mol. The Balaban J connectivity index is 4.05. The number of unbranched alkanes of at least 4 members (excludes halogenated alkanes) is 19. The van der Waals surface area contributed by atoms with E-state index in [-0.39, 0.29) is 11.9 Å². The van der Waals surface area contributed by atoms with E-state index in [1.54, 1.807) is 0 Å².